The number of methoxy groups -OCH3 is 1. The van der Waals surface area contributed by atoms with Gasteiger partial charge in [0.2, 0.25) is 5.44 Å². The number of rotatable bonds is 21. The molecule has 0 aromatic rings. The average Bonchev–Trinajstić information content (AvgIpc) is 2.82. The highest BCUT2D eigenvalue weighted by molar-refractivity contribution is 7.99. The Bertz CT molecular complexity index is 789. The lowest BCUT2D eigenvalue weighted by atomic mass is 9.85. The fourth-order valence-corrected chi connectivity index (χ4v) is 7.60. The zero-order chi connectivity index (χ0) is 29.8. The van der Waals surface area contributed by atoms with Crippen LogP contribution in [0.25, 0.3) is 0 Å². The van der Waals surface area contributed by atoms with Crippen LogP contribution in [0.15, 0.2) is 0 Å². The Morgan fingerprint density at radius 1 is 0.795 bits per heavy atom. The maximum Gasteiger partial charge on any atom is 0.311 e. The van der Waals surface area contributed by atoms with E-state index in [0.29, 0.717) is 12.7 Å². The van der Waals surface area contributed by atoms with Gasteiger partial charge in [0.15, 0.2) is 0 Å². The standard InChI is InChI=1S/C23H46O7S2.C6H16N/c1-21(28-2)23(32(26,27)30-31(3,24)25)29-20-16-11-9-7-5-4-6-8-10-13-17-22-18-14-12-15-19-22;1-5-6-7(2,3)4/h21-23H,4-20H2,1-3H3;5-6H2,1-4H3/q;+1. The van der Waals surface area contributed by atoms with Crippen molar-refractivity contribution in [2.45, 2.75) is 135 Å². The number of unbranched alkanes of at least 4 members (excludes halogenated alkanes) is 9. The summed E-state index contributed by atoms with van der Waals surface area (Å²) >= 11 is 0. The normalized spacial score (nSPS) is 16.9. The van der Waals surface area contributed by atoms with Gasteiger partial charge in [0.1, 0.15) is 0 Å². The second-order valence-corrected chi connectivity index (χ2v) is 15.7. The molecule has 8 nitrogen and oxygen atoms in total. The molecular weight excluding hydrogens is 538 g/mol. The number of hydrogen-bond acceptors (Lipinski definition) is 7. The third-order valence-corrected chi connectivity index (χ3v) is 10.0. The van der Waals surface area contributed by atoms with E-state index < -0.39 is 31.8 Å². The van der Waals surface area contributed by atoms with E-state index in [1.807, 2.05) is 0 Å². The maximum atomic E-state index is 12.2. The molecule has 1 fully saturated rings. The van der Waals surface area contributed by atoms with Crippen molar-refractivity contribution in [1.29, 1.82) is 0 Å². The molecule has 0 aromatic carbocycles. The van der Waals surface area contributed by atoms with E-state index in [-0.39, 0.29) is 6.61 Å². The summed E-state index contributed by atoms with van der Waals surface area (Å²) in [5.74, 6) is 1.01. The van der Waals surface area contributed by atoms with Crippen molar-refractivity contribution in [2.24, 2.45) is 5.92 Å². The minimum Gasteiger partial charge on any atom is -0.378 e. The van der Waals surface area contributed by atoms with Crippen molar-refractivity contribution in [1.82, 2.24) is 0 Å². The second-order valence-electron chi connectivity index (χ2n) is 12.3. The second kappa shape index (κ2) is 21.4. The molecule has 0 radical (unpaired) electrons. The number of nitrogens with zero attached hydrogens (tertiary/aromatic N) is 1. The summed E-state index contributed by atoms with van der Waals surface area (Å²) in [6.45, 7) is 5.21. The lowest BCUT2D eigenvalue weighted by molar-refractivity contribution is -0.870. The molecule has 0 N–H and O–H groups in total. The van der Waals surface area contributed by atoms with Crippen LogP contribution in [0.2, 0.25) is 0 Å². The van der Waals surface area contributed by atoms with Gasteiger partial charge in [0.05, 0.1) is 40.0 Å². The Balaban J connectivity index is 0.00000181. The largest absolute Gasteiger partial charge is 0.378 e. The SMILES string of the molecule is CCC[N+](C)(C)C.COC(C)C(OCCCCCCCCCCCCC1CCCCC1)S(=O)(=O)OS(C)(=O)=O. The highest BCUT2D eigenvalue weighted by Crippen LogP contribution is 2.28. The van der Waals surface area contributed by atoms with Gasteiger partial charge in [0, 0.05) is 13.7 Å². The van der Waals surface area contributed by atoms with Crippen LogP contribution in [0.5, 0.6) is 0 Å². The van der Waals surface area contributed by atoms with Gasteiger partial charge in [0.25, 0.3) is 10.1 Å². The first-order valence-electron chi connectivity index (χ1n) is 15.3. The molecular formula is C29H62NO7S2+. The smallest absolute Gasteiger partial charge is 0.311 e. The first-order chi connectivity index (χ1) is 18.2. The number of hydrogen-bond donors (Lipinski definition) is 0. The van der Waals surface area contributed by atoms with Gasteiger partial charge in [-0.2, -0.15) is 16.8 Å². The molecule has 1 saturated carbocycles. The highest BCUT2D eigenvalue weighted by Gasteiger charge is 2.36. The molecule has 10 heteroatoms. The van der Waals surface area contributed by atoms with Gasteiger partial charge in [-0.1, -0.05) is 103 Å². The van der Waals surface area contributed by atoms with E-state index in [1.54, 1.807) is 0 Å². The lowest BCUT2D eigenvalue weighted by Crippen LogP contribution is -2.38. The highest BCUT2D eigenvalue weighted by atomic mass is 32.3. The fraction of sp³-hybridized carbons (Fsp3) is 1.00. The summed E-state index contributed by atoms with van der Waals surface area (Å²) in [7, 11) is -0.625. The van der Waals surface area contributed by atoms with Gasteiger partial charge >= 0.3 is 10.1 Å². The van der Waals surface area contributed by atoms with Crippen LogP contribution in [0, 0.1) is 5.92 Å². The minimum absolute atomic E-state index is 0.214. The molecule has 1 aliphatic rings. The van der Waals surface area contributed by atoms with E-state index in [4.69, 9.17) is 9.47 Å². The molecule has 2 atom stereocenters. The molecule has 1 aliphatic carbocycles. The molecule has 2 unspecified atom stereocenters. The minimum atomic E-state index is -4.45. The predicted molar refractivity (Wildman–Crippen MR) is 162 cm³/mol. The molecule has 0 aliphatic heterocycles. The third kappa shape index (κ3) is 23.0. The summed E-state index contributed by atoms with van der Waals surface area (Å²) in [5, 5.41) is 0. The molecule has 39 heavy (non-hydrogen) atoms. The summed E-state index contributed by atoms with van der Waals surface area (Å²) in [6, 6.07) is 0. The van der Waals surface area contributed by atoms with Gasteiger partial charge in [-0.3, -0.25) is 0 Å². The van der Waals surface area contributed by atoms with Gasteiger partial charge in [-0.15, -0.1) is 3.63 Å². The van der Waals surface area contributed by atoms with Crippen molar-refractivity contribution < 1.29 is 34.4 Å². The third-order valence-electron chi connectivity index (χ3n) is 7.17. The number of ether oxygens (including phenoxy) is 2. The van der Waals surface area contributed by atoms with Crippen molar-refractivity contribution in [3.8, 4) is 0 Å². The quantitative estimate of drug-likeness (QED) is 0.108. The lowest BCUT2D eigenvalue weighted by Gasteiger charge is -2.22. The molecule has 1 rings (SSSR count). The van der Waals surface area contributed by atoms with Crippen molar-refractivity contribution in [3.05, 3.63) is 0 Å². The first-order valence-corrected chi connectivity index (χ1v) is 18.6. The van der Waals surface area contributed by atoms with Gasteiger partial charge in [-0.05, 0) is 25.7 Å². The summed E-state index contributed by atoms with van der Waals surface area (Å²) in [4.78, 5) is 0. The topological polar surface area (TPSA) is 96.0 Å². The average molecular weight is 601 g/mol. The van der Waals surface area contributed by atoms with Crippen molar-refractivity contribution in [3.63, 3.8) is 0 Å². The van der Waals surface area contributed by atoms with Crippen molar-refractivity contribution >= 4 is 20.2 Å². The molecule has 0 spiro atoms. The number of quaternary nitrogens is 1. The predicted octanol–water partition coefficient (Wildman–Crippen LogP) is 6.64. The Morgan fingerprint density at radius 2 is 1.28 bits per heavy atom. The van der Waals surface area contributed by atoms with Crippen LogP contribution >= 0.6 is 0 Å². The first kappa shape index (κ1) is 38.7. The van der Waals surface area contributed by atoms with Crippen LogP contribution in [0.3, 0.4) is 0 Å². The Morgan fingerprint density at radius 3 is 1.69 bits per heavy atom. The van der Waals surface area contributed by atoms with E-state index in [2.05, 4.69) is 31.7 Å². The van der Waals surface area contributed by atoms with Crippen molar-refractivity contribution in [2.75, 3.05) is 47.7 Å². The monoisotopic (exact) mass is 600 g/mol. The van der Waals surface area contributed by atoms with E-state index in [9.17, 15) is 16.8 Å². The fourth-order valence-electron chi connectivity index (χ4n) is 5.07. The van der Waals surface area contributed by atoms with Gasteiger partial charge in [-0.25, -0.2) is 0 Å². The van der Waals surface area contributed by atoms with Crippen LogP contribution in [-0.4, -0.2) is 80.5 Å². The Kier molecular flexibility index (Phi) is 21.3. The summed E-state index contributed by atoms with van der Waals surface area (Å²) < 4.78 is 62.5. The van der Waals surface area contributed by atoms with E-state index in [0.717, 1.165) is 23.2 Å². The maximum absolute atomic E-state index is 12.2. The molecule has 0 heterocycles. The zero-order valence-electron chi connectivity index (χ0n) is 26.3. The molecule has 236 valence electrons. The van der Waals surface area contributed by atoms with E-state index >= 15 is 0 Å². The van der Waals surface area contributed by atoms with Gasteiger partial charge < -0.3 is 14.0 Å². The summed E-state index contributed by atoms with van der Waals surface area (Å²) in [6.07, 6.45) is 21.7. The molecule has 0 saturated heterocycles. The zero-order valence-corrected chi connectivity index (χ0v) is 27.9. The molecule has 0 aromatic heterocycles. The van der Waals surface area contributed by atoms with E-state index in [1.165, 1.54) is 110 Å². The van der Waals surface area contributed by atoms with Crippen LogP contribution in [0.1, 0.15) is 123 Å². The molecule has 0 amide bonds. The van der Waals surface area contributed by atoms with Crippen LogP contribution < -0.4 is 0 Å². The van der Waals surface area contributed by atoms with Crippen LogP contribution in [0.4, 0.5) is 0 Å². The Labute approximate surface area is 242 Å². The Hall–Kier alpha value is -0.260. The molecule has 0 bridgehead atoms. The van der Waals surface area contributed by atoms with Crippen LogP contribution in [-0.2, 0) is 33.3 Å². The summed E-state index contributed by atoms with van der Waals surface area (Å²) in [5.41, 5.74) is -1.47.